The lowest BCUT2D eigenvalue weighted by Crippen LogP contribution is -2.35. The van der Waals surface area contributed by atoms with Crippen molar-refractivity contribution in [1.29, 1.82) is 0 Å². The first-order valence-corrected chi connectivity index (χ1v) is 10.3. The zero-order valence-corrected chi connectivity index (χ0v) is 17.9. The Morgan fingerprint density at radius 1 is 1.41 bits per heavy atom. The number of ether oxygens (including phenoxy) is 1. The first-order chi connectivity index (χ1) is 13.6. The number of aromatic amines is 1. The molecule has 2 aromatic rings. The van der Waals surface area contributed by atoms with E-state index in [0.29, 0.717) is 25.0 Å². The highest BCUT2D eigenvalue weighted by molar-refractivity contribution is 5.68. The molecule has 2 aromatic heterocycles. The average molecular weight is 405 g/mol. The predicted octanol–water partition coefficient (Wildman–Crippen LogP) is 2.87. The van der Waals surface area contributed by atoms with Gasteiger partial charge in [0.25, 0.3) is 5.56 Å². The molecule has 0 radical (unpaired) electrons. The highest BCUT2D eigenvalue weighted by atomic mass is 16.6. The third-order valence-corrected chi connectivity index (χ3v) is 5.58. The summed E-state index contributed by atoms with van der Waals surface area (Å²) in [7, 11) is 0. The van der Waals surface area contributed by atoms with Gasteiger partial charge in [-0.05, 0) is 39.5 Å². The summed E-state index contributed by atoms with van der Waals surface area (Å²) in [5.74, 6) is 1.06. The predicted molar refractivity (Wildman–Crippen MR) is 110 cm³/mol. The van der Waals surface area contributed by atoms with Crippen molar-refractivity contribution < 1.29 is 14.6 Å². The second-order valence-corrected chi connectivity index (χ2v) is 9.00. The van der Waals surface area contributed by atoms with Crippen LogP contribution in [-0.2, 0) is 4.74 Å². The number of hydrogen-bond acceptors (Lipinski definition) is 5. The van der Waals surface area contributed by atoms with Crippen molar-refractivity contribution in [2.45, 2.75) is 64.9 Å². The van der Waals surface area contributed by atoms with Crippen LogP contribution in [0.5, 0.6) is 0 Å². The van der Waals surface area contributed by atoms with Gasteiger partial charge < -0.3 is 19.7 Å². The summed E-state index contributed by atoms with van der Waals surface area (Å²) in [5.41, 5.74) is 0.552. The Morgan fingerprint density at radius 3 is 2.76 bits per heavy atom. The van der Waals surface area contributed by atoms with E-state index >= 15 is 0 Å². The van der Waals surface area contributed by atoms with Crippen LogP contribution < -0.4 is 5.56 Å². The highest BCUT2D eigenvalue weighted by Gasteiger charge is 2.36. The third kappa shape index (κ3) is 4.47. The summed E-state index contributed by atoms with van der Waals surface area (Å²) < 4.78 is 7.35. The van der Waals surface area contributed by atoms with Crippen LogP contribution in [0.3, 0.4) is 0 Å². The Morgan fingerprint density at radius 2 is 2.14 bits per heavy atom. The summed E-state index contributed by atoms with van der Waals surface area (Å²) in [6.07, 6.45) is 4.62. The maximum absolute atomic E-state index is 12.7. The van der Waals surface area contributed by atoms with Crippen molar-refractivity contribution in [3.8, 4) is 0 Å². The van der Waals surface area contributed by atoms with E-state index in [0.717, 1.165) is 17.9 Å². The van der Waals surface area contributed by atoms with Crippen molar-refractivity contribution in [2.24, 2.45) is 5.92 Å². The van der Waals surface area contributed by atoms with Crippen LogP contribution in [0.2, 0.25) is 0 Å². The molecule has 0 aliphatic carbocycles. The van der Waals surface area contributed by atoms with E-state index < -0.39 is 5.60 Å². The van der Waals surface area contributed by atoms with Crippen molar-refractivity contribution in [2.75, 3.05) is 19.7 Å². The van der Waals surface area contributed by atoms with Crippen molar-refractivity contribution in [1.82, 2.24) is 19.3 Å². The number of hydrogen-bond donors (Lipinski definition) is 2. The molecule has 160 valence electrons. The molecule has 3 rings (SSSR count). The summed E-state index contributed by atoms with van der Waals surface area (Å²) in [6.45, 7) is 10.8. The molecule has 29 heavy (non-hydrogen) atoms. The van der Waals surface area contributed by atoms with E-state index in [1.807, 2.05) is 38.3 Å². The number of imidazole rings is 1. The molecule has 1 aliphatic rings. The molecule has 0 spiro atoms. The number of fused-ring (bicyclic) bond motifs is 1. The van der Waals surface area contributed by atoms with Gasteiger partial charge in [-0.15, -0.1) is 0 Å². The van der Waals surface area contributed by atoms with E-state index in [1.165, 1.54) is 0 Å². The van der Waals surface area contributed by atoms with E-state index in [-0.39, 0.29) is 36.0 Å². The van der Waals surface area contributed by atoms with Crippen LogP contribution in [0.1, 0.15) is 70.8 Å². The summed E-state index contributed by atoms with van der Waals surface area (Å²) in [6, 6.07) is 0. The van der Waals surface area contributed by atoms with E-state index in [4.69, 9.17) is 4.74 Å². The molecule has 2 N–H and O–H groups in total. The summed E-state index contributed by atoms with van der Waals surface area (Å²) in [5, 5.41) is 9.36. The number of carbonyl (C=O) groups excluding carboxylic acids is 1. The molecule has 0 aromatic carbocycles. The van der Waals surface area contributed by atoms with Gasteiger partial charge in [-0.3, -0.25) is 9.20 Å². The monoisotopic (exact) mass is 404 g/mol. The largest absolute Gasteiger partial charge is 0.444 e. The Kier molecular flexibility index (Phi) is 6.03. The second-order valence-electron chi connectivity index (χ2n) is 9.00. The fourth-order valence-corrected chi connectivity index (χ4v) is 4.05. The van der Waals surface area contributed by atoms with Gasteiger partial charge in [0.1, 0.15) is 16.9 Å². The fourth-order valence-electron chi connectivity index (χ4n) is 4.05. The topological polar surface area (TPSA) is 99.9 Å². The van der Waals surface area contributed by atoms with Crippen LogP contribution in [0.15, 0.2) is 17.2 Å². The van der Waals surface area contributed by atoms with Gasteiger partial charge >= 0.3 is 6.09 Å². The molecule has 8 nitrogen and oxygen atoms in total. The quantitative estimate of drug-likeness (QED) is 0.798. The fraction of sp³-hybridized carbons (Fsp3) is 0.667. The Bertz CT molecular complexity index is 927. The Labute approximate surface area is 170 Å². The summed E-state index contributed by atoms with van der Waals surface area (Å²) in [4.78, 5) is 34.3. The maximum Gasteiger partial charge on any atom is 0.410 e. The molecule has 8 heteroatoms. The number of rotatable bonds is 5. The SMILES string of the molecule is CCC(CCO)c1ncc2c(=O)[nH]c([C@@H]3CN(C(=O)OC(C)(C)C)C[C@H]3C)cn12. The lowest BCUT2D eigenvalue weighted by molar-refractivity contribution is 0.0287. The van der Waals surface area contributed by atoms with Crippen molar-refractivity contribution >= 4 is 11.6 Å². The minimum absolute atomic E-state index is 0.00721. The number of H-pyrrole nitrogens is 1. The van der Waals surface area contributed by atoms with Gasteiger partial charge in [0.05, 0.1) is 6.20 Å². The van der Waals surface area contributed by atoms with Gasteiger partial charge in [-0.2, -0.15) is 0 Å². The van der Waals surface area contributed by atoms with Gasteiger partial charge in [-0.1, -0.05) is 13.8 Å². The number of aliphatic hydroxyl groups excluding tert-OH is 1. The first-order valence-electron chi connectivity index (χ1n) is 10.3. The van der Waals surface area contributed by atoms with E-state index in [9.17, 15) is 14.7 Å². The third-order valence-electron chi connectivity index (χ3n) is 5.58. The number of likely N-dealkylation sites (tertiary alicyclic amines) is 1. The molecule has 3 atom stereocenters. The lowest BCUT2D eigenvalue weighted by Gasteiger charge is -2.24. The van der Waals surface area contributed by atoms with E-state index in [2.05, 4.69) is 16.9 Å². The van der Waals surface area contributed by atoms with Gasteiger partial charge in [0, 0.05) is 43.4 Å². The number of aromatic nitrogens is 3. The number of nitrogens with one attached hydrogen (secondary N) is 1. The molecule has 1 amide bonds. The van der Waals surface area contributed by atoms with Crippen LogP contribution >= 0.6 is 0 Å². The van der Waals surface area contributed by atoms with Gasteiger partial charge in [-0.25, -0.2) is 9.78 Å². The molecular formula is C21H32N4O4. The molecular weight excluding hydrogens is 372 g/mol. The number of aliphatic hydroxyl groups is 1. The molecule has 0 bridgehead atoms. The van der Waals surface area contributed by atoms with E-state index in [1.54, 1.807) is 11.1 Å². The molecule has 0 saturated carbocycles. The normalized spacial score (nSPS) is 21.0. The lowest BCUT2D eigenvalue weighted by atomic mass is 9.95. The smallest absolute Gasteiger partial charge is 0.410 e. The second kappa shape index (κ2) is 8.18. The summed E-state index contributed by atoms with van der Waals surface area (Å²) >= 11 is 0. The standard InChI is InChI=1S/C21H32N4O4/c1-6-14(7-8-26)18-22-9-17-19(27)23-16(12-25(17)18)15-11-24(10-13(15)2)20(28)29-21(3,4)5/h9,12-15,26H,6-8,10-11H2,1-5H3,(H,23,27)/t13-,14?,15-/m1/s1. The minimum atomic E-state index is -0.542. The molecule has 1 unspecified atom stereocenters. The number of nitrogens with zero attached hydrogens (tertiary/aromatic N) is 3. The zero-order chi connectivity index (χ0) is 21.3. The van der Waals surface area contributed by atoms with Crippen LogP contribution in [0, 0.1) is 5.92 Å². The zero-order valence-electron chi connectivity index (χ0n) is 17.9. The van der Waals surface area contributed by atoms with Crippen LogP contribution in [-0.4, -0.2) is 55.8 Å². The van der Waals surface area contributed by atoms with Crippen LogP contribution in [0.25, 0.3) is 5.52 Å². The molecule has 1 aliphatic heterocycles. The van der Waals surface area contributed by atoms with Crippen LogP contribution in [0.4, 0.5) is 4.79 Å². The maximum atomic E-state index is 12.7. The molecule has 3 heterocycles. The average Bonchev–Trinajstić information content (AvgIpc) is 3.22. The molecule has 1 saturated heterocycles. The Hall–Kier alpha value is -2.35. The Balaban J connectivity index is 1.91. The van der Waals surface area contributed by atoms with Crippen molar-refractivity contribution in [3.63, 3.8) is 0 Å². The van der Waals surface area contributed by atoms with Gasteiger partial charge in [0.15, 0.2) is 0 Å². The van der Waals surface area contributed by atoms with Gasteiger partial charge in [0.2, 0.25) is 0 Å². The first kappa shape index (κ1) is 21.4. The molecule has 1 fully saturated rings. The number of amides is 1. The van der Waals surface area contributed by atoms with Crippen molar-refractivity contribution in [3.05, 3.63) is 34.3 Å². The highest BCUT2D eigenvalue weighted by Crippen LogP contribution is 2.32. The number of carbonyl (C=O) groups is 1. The minimum Gasteiger partial charge on any atom is -0.444 e.